The van der Waals surface area contributed by atoms with E-state index in [0.717, 1.165) is 57.1 Å². The number of nitrogens with zero attached hydrogens (tertiary/aromatic N) is 2. The van der Waals surface area contributed by atoms with E-state index in [-0.39, 0.29) is 11.9 Å². The van der Waals surface area contributed by atoms with Gasteiger partial charge >= 0.3 is 0 Å². The molecule has 0 bridgehead atoms. The minimum Gasteiger partial charge on any atom is -0.379 e. The first kappa shape index (κ1) is 19.0. The molecule has 2 aromatic rings. The molecule has 2 heterocycles. The van der Waals surface area contributed by atoms with Crippen LogP contribution in [-0.2, 0) is 22.5 Å². The minimum atomic E-state index is 0.126. The Morgan fingerprint density at radius 3 is 2.71 bits per heavy atom. The van der Waals surface area contributed by atoms with Crippen molar-refractivity contribution in [2.24, 2.45) is 0 Å². The Morgan fingerprint density at radius 2 is 1.86 bits per heavy atom. The number of carbonyl (C=O) groups is 1. The topological polar surface area (TPSA) is 44.8 Å². The van der Waals surface area contributed by atoms with Crippen LogP contribution in [0.4, 0.5) is 11.4 Å². The number of carbonyl (C=O) groups excluding carboxylic acids is 1. The standard InChI is InChI=1S/C23H29N3O2/c1-18-10-11-19-6-3-5-9-22(19)26(18)23(27)16-24-21-8-4-2-7-20(21)17-25-12-14-28-15-13-25/h2-9,18,24H,10-17H2,1H3. The number of amides is 1. The molecule has 148 valence electrons. The average molecular weight is 380 g/mol. The van der Waals surface area contributed by atoms with Crippen LogP contribution in [0.25, 0.3) is 0 Å². The zero-order valence-electron chi connectivity index (χ0n) is 16.6. The van der Waals surface area contributed by atoms with Crippen molar-refractivity contribution in [3.8, 4) is 0 Å². The lowest BCUT2D eigenvalue weighted by molar-refractivity contribution is -0.117. The Balaban J connectivity index is 1.44. The summed E-state index contributed by atoms with van der Waals surface area (Å²) in [6.45, 7) is 6.81. The van der Waals surface area contributed by atoms with Crippen LogP contribution < -0.4 is 10.2 Å². The molecule has 5 nitrogen and oxygen atoms in total. The second kappa shape index (κ2) is 8.76. The summed E-state index contributed by atoms with van der Waals surface area (Å²) >= 11 is 0. The van der Waals surface area contributed by atoms with E-state index in [1.807, 2.05) is 17.0 Å². The lowest BCUT2D eigenvalue weighted by Crippen LogP contribution is -2.44. The van der Waals surface area contributed by atoms with E-state index in [2.05, 4.69) is 53.5 Å². The molecule has 1 saturated heterocycles. The van der Waals surface area contributed by atoms with Crippen molar-refractivity contribution in [1.82, 2.24) is 4.90 Å². The summed E-state index contributed by atoms with van der Waals surface area (Å²) in [5, 5.41) is 3.40. The average Bonchev–Trinajstić information content (AvgIpc) is 2.73. The Morgan fingerprint density at radius 1 is 1.11 bits per heavy atom. The van der Waals surface area contributed by atoms with Crippen LogP contribution in [0.15, 0.2) is 48.5 Å². The summed E-state index contributed by atoms with van der Waals surface area (Å²) in [4.78, 5) is 17.4. The van der Waals surface area contributed by atoms with Gasteiger partial charge in [0.2, 0.25) is 5.91 Å². The highest BCUT2D eigenvalue weighted by Gasteiger charge is 2.27. The largest absolute Gasteiger partial charge is 0.379 e. The normalized spacial score (nSPS) is 19.9. The molecule has 0 saturated carbocycles. The lowest BCUT2D eigenvalue weighted by atomic mass is 9.96. The quantitative estimate of drug-likeness (QED) is 0.866. The van der Waals surface area contributed by atoms with Gasteiger partial charge in [0.05, 0.1) is 19.8 Å². The van der Waals surface area contributed by atoms with Crippen molar-refractivity contribution in [2.75, 3.05) is 43.1 Å². The fourth-order valence-electron chi connectivity index (χ4n) is 4.16. The zero-order valence-corrected chi connectivity index (χ0v) is 16.6. The second-order valence-electron chi connectivity index (χ2n) is 7.68. The number of anilines is 2. The fourth-order valence-corrected chi connectivity index (χ4v) is 4.16. The van der Waals surface area contributed by atoms with E-state index in [9.17, 15) is 4.79 Å². The predicted octanol–water partition coefficient (Wildman–Crippen LogP) is 3.30. The Hall–Kier alpha value is -2.37. The molecular weight excluding hydrogens is 350 g/mol. The summed E-state index contributed by atoms with van der Waals surface area (Å²) in [6.07, 6.45) is 2.05. The summed E-state index contributed by atoms with van der Waals surface area (Å²) in [6, 6.07) is 16.8. The van der Waals surface area contributed by atoms with Gasteiger partial charge in [0, 0.05) is 37.1 Å². The summed E-state index contributed by atoms with van der Waals surface area (Å²) in [5.41, 5.74) is 4.60. The number of rotatable bonds is 5. The maximum Gasteiger partial charge on any atom is 0.246 e. The first-order valence-corrected chi connectivity index (χ1v) is 10.2. The molecule has 0 aromatic heterocycles. The molecule has 2 aromatic carbocycles. The fraction of sp³-hybridized carbons (Fsp3) is 0.435. The van der Waals surface area contributed by atoms with Gasteiger partial charge in [-0.3, -0.25) is 9.69 Å². The van der Waals surface area contributed by atoms with Gasteiger partial charge in [-0.25, -0.2) is 0 Å². The Kier molecular flexibility index (Phi) is 5.93. The molecule has 1 N–H and O–H groups in total. The number of para-hydroxylation sites is 2. The van der Waals surface area contributed by atoms with Gasteiger partial charge < -0.3 is 15.0 Å². The third-order valence-electron chi connectivity index (χ3n) is 5.74. The first-order chi connectivity index (χ1) is 13.7. The number of aryl methyl sites for hydroxylation is 1. The number of fused-ring (bicyclic) bond motifs is 1. The molecule has 28 heavy (non-hydrogen) atoms. The monoisotopic (exact) mass is 379 g/mol. The number of hydrogen-bond acceptors (Lipinski definition) is 4. The van der Waals surface area contributed by atoms with Gasteiger partial charge in [0.15, 0.2) is 0 Å². The number of benzene rings is 2. The highest BCUT2D eigenvalue weighted by atomic mass is 16.5. The molecule has 5 heteroatoms. The number of hydrogen-bond donors (Lipinski definition) is 1. The Bertz CT molecular complexity index is 817. The van der Waals surface area contributed by atoms with Crippen LogP contribution in [0.3, 0.4) is 0 Å². The van der Waals surface area contributed by atoms with E-state index in [0.29, 0.717) is 6.54 Å². The summed E-state index contributed by atoms with van der Waals surface area (Å²) < 4.78 is 5.45. The lowest BCUT2D eigenvalue weighted by Gasteiger charge is -2.35. The van der Waals surface area contributed by atoms with Crippen LogP contribution in [0.2, 0.25) is 0 Å². The first-order valence-electron chi connectivity index (χ1n) is 10.2. The van der Waals surface area contributed by atoms with Gasteiger partial charge in [-0.15, -0.1) is 0 Å². The number of ether oxygens (including phenoxy) is 1. The molecule has 0 aliphatic carbocycles. The van der Waals surface area contributed by atoms with Crippen molar-refractivity contribution in [2.45, 2.75) is 32.4 Å². The van der Waals surface area contributed by atoms with Crippen LogP contribution in [-0.4, -0.2) is 49.7 Å². The molecule has 2 aliphatic rings. The van der Waals surface area contributed by atoms with Gasteiger partial charge in [-0.2, -0.15) is 0 Å². The Labute approximate surface area is 167 Å². The van der Waals surface area contributed by atoms with Gasteiger partial charge in [-0.1, -0.05) is 36.4 Å². The predicted molar refractivity (Wildman–Crippen MR) is 113 cm³/mol. The molecule has 1 atom stereocenters. The molecule has 1 fully saturated rings. The third kappa shape index (κ3) is 4.21. The molecule has 0 spiro atoms. The van der Waals surface area contributed by atoms with Gasteiger partial charge in [-0.05, 0) is 43.0 Å². The smallest absolute Gasteiger partial charge is 0.246 e. The van der Waals surface area contributed by atoms with Crippen LogP contribution in [0.1, 0.15) is 24.5 Å². The summed E-state index contributed by atoms with van der Waals surface area (Å²) in [7, 11) is 0. The van der Waals surface area contributed by atoms with Crippen molar-refractivity contribution < 1.29 is 9.53 Å². The summed E-state index contributed by atoms with van der Waals surface area (Å²) in [5.74, 6) is 0.126. The molecule has 0 radical (unpaired) electrons. The highest BCUT2D eigenvalue weighted by Crippen LogP contribution is 2.30. The molecule has 1 unspecified atom stereocenters. The van der Waals surface area contributed by atoms with Crippen molar-refractivity contribution in [3.63, 3.8) is 0 Å². The van der Waals surface area contributed by atoms with Gasteiger partial charge in [0.1, 0.15) is 0 Å². The molecule has 1 amide bonds. The van der Waals surface area contributed by atoms with Crippen LogP contribution in [0, 0.1) is 0 Å². The maximum absolute atomic E-state index is 13.1. The van der Waals surface area contributed by atoms with E-state index < -0.39 is 0 Å². The van der Waals surface area contributed by atoms with E-state index in [1.54, 1.807) is 0 Å². The molecule has 2 aliphatic heterocycles. The van der Waals surface area contributed by atoms with Crippen molar-refractivity contribution in [1.29, 1.82) is 0 Å². The SMILES string of the molecule is CC1CCc2ccccc2N1C(=O)CNc1ccccc1CN1CCOCC1. The number of nitrogens with one attached hydrogen (secondary N) is 1. The zero-order chi connectivity index (χ0) is 19.3. The van der Waals surface area contributed by atoms with E-state index >= 15 is 0 Å². The van der Waals surface area contributed by atoms with E-state index in [4.69, 9.17) is 4.74 Å². The molecular formula is C23H29N3O2. The maximum atomic E-state index is 13.1. The van der Waals surface area contributed by atoms with Crippen LogP contribution in [0.5, 0.6) is 0 Å². The van der Waals surface area contributed by atoms with Crippen LogP contribution >= 0.6 is 0 Å². The van der Waals surface area contributed by atoms with Crippen molar-refractivity contribution >= 4 is 17.3 Å². The highest BCUT2D eigenvalue weighted by molar-refractivity contribution is 5.97. The minimum absolute atomic E-state index is 0.126. The number of morpholine rings is 1. The second-order valence-corrected chi connectivity index (χ2v) is 7.68. The van der Waals surface area contributed by atoms with E-state index in [1.165, 1.54) is 11.1 Å². The van der Waals surface area contributed by atoms with Gasteiger partial charge in [0.25, 0.3) is 0 Å². The van der Waals surface area contributed by atoms with Crippen molar-refractivity contribution in [3.05, 3.63) is 59.7 Å². The molecule has 4 rings (SSSR count). The third-order valence-corrected chi connectivity index (χ3v) is 5.74.